The van der Waals surface area contributed by atoms with Crippen LogP contribution < -0.4 is 5.32 Å². The third kappa shape index (κ3) is 4.85. The minimum Gasteiger partial charge on any atom is -0.469 e. The third-order valence-corrected chi connectivity index (χ3v) is 5.15. The molecule has 1 saturated heterocycles. The second-order valence-corrected chi connectivity index (χ2v) is 7.36. The molecule has 1 fully saturated rings. The number of carbonyl (C=O) groups excluding carboxylic acids is 1. The van der Waals surface area contributed by atoms with Crippen LogP contribution in [0.4, 0.5) is 4.79 Å². The summed E-state index contributed by atoms with van der Waals surface area (Å²) < 4.78 is 5.34. The van der Waals surface area contributed by atoms with Gasteiger partial charge in [0.25, 0.3) is 0 Å². The van der Waals surface area contributed by atoms with Gasteiger partial charge in [0, 0.05) is 50.1 Å². The monoisotopic (exact) mass is 347 g/mol. The van der Waals surface area contributed by atoms with E-state index in [0.29, 0.717) is 0 Å². The lowest BCUT2D eigenvalue weighted by molar-refractivity contribution is 0.194. The maximum Gasteiger partial charge on any atom is 0.317 e. The van der Waals surface area contributed by atoms with E-state index in [9.17, 15) is 4.79 Å². The van der Waals surface area contributed by atoms with Crippen LogP contribution in [0.1, 0.15) is 24.0 Å². The summed E-state index contributed by atoms with van der Waals surface area (Å²) in [5.41, 5.74) is 0. The SMILES string of the molecule is C[C@H](Cc1ccco1)NC(=O)N1CCCN(Cc2cccs2)CC1. The van der Waals surface area contributed by atoms with E-state index in [-0.39, 0.29) is 12.1 Å². The molecule has 1 N–H and O–H groups in total. The summed E-state index contributed by atoms with van der Waals surface area (Å²) in [5.74, 6) is 0.904. The van der Waals surface area contributed by atoms with Gasteiger partial charge in [-0.15, -0.1) is 11.3 Å². The molecule has 0 aliphatic carbocycles. The molecule has 3 heterocycles. The van der Waals surface area contributed by atoms with Gasteiger partial charge in [0.2, 0.25) is 0 Å². The Bertz CT molecular complexity index is 612. The van der Waals surface area contributed by atoms with Gasteiger partial charge in [-0.25, -0.2) is 4.79 Å². The molecule has 24 heavy (non-hydrogen) atoms. The van der Waals surface area contributed by atoms with Crippen molar-refractivity contribution >= 4 is 17.4 Å². The first-order chi connectivity index (χ1) is 11.7. The van der Waals surface area contributed by atoms with Crippen LogP contribution in [-0.4, -0.2) is 48.1 Å². The van der Waals surface area contributed by atoms with E-state index in [4.69, 9.17) is 4.42 Å². The van der Waals surface area contributed by atoms with E-state index < -0.39 is 0 Å². The highest BCUT2D eigenvalue weighted by Crippen LogP contribution is 2.14. The van der Waals surface area contributed by atoms with E-state index in [0.717, 1.165) is 51.3 Å². The molecule has 1 atom stereocenters. The van der Waals surface area contributed by atoms with Crippen LogP contribution in [-0.2, 0) is 13.0 Å². The molecule has 6 heteroatoms. The number of rotatable bonds is 5. The van der Waals surface area contributed by atoms with Crippen molar-refractivity contribution in [2.75, 3.05) is 26.2 Å². The van der Waals surface area contributed by atoms with Gasteiger partial charge in [0.05, 0.1) is 6.26 Å². The molecule has 2 aromatic heterocycles. The van der Waals surface area contributed by atoms with Crippen LogP contribution >= 0.6 is 11.3 Å². The van der Waals surface area contributed by atoms with E-state index >= 15 is 0 Å². The van der Waals surface area contributed by atoms with Gasteiger partial charge in [-0.3, -0.25) is 4.90 Å². The zero-order valence-electron chi connectivity index (χ0n) is 14.1. The highest BCUT2D eigenvalue weighted by atomic mass is 32.1. The van der Waals surface area contributed by atoms with Crippen molar-refractivity contribution in [1.82, 2.24) is 15.1 Å². The fourth-order valence-electron chi connectivity index (χ4n) is 3.04. The van der Waals surface area contributed by atoms with Crippen LogP contribution in [0.3, 0.4) is 0 Å². The van der Waals surface area contributed by atoms with Gasteiger partial charge in [-0.1, -0.05) is 6.07 Å². The second kappa shape index (κ2) is 8.35. The van der Waals surface area contributed by atoms with Crippen molar-refractivity contribution in [2.45, 2.75) is 32.4 Å². The molecule has 3 rings (SSSR count). The Kier molecular flexibility index (Phi) is 5.93. The minimum absolute atomic E-state index is 0.0343. The molecule has 0 bridgehead atoms. The molecule has 5 nitrogen and oxygen atoms in total. The zero-order chi connectivity index (χ0) is 16.8. The average molecular weight is 347 g/mol. The minimum atomic E-state index is 0.0343. The Morgan fingerprint density at radius 3 is 2.96 bits per heavy atom. The first-order valence-corrected chi connectivity index (χ1v) is 9.41. The van der Waals surface area contributed by atoms with Crippen molar-refractivity contribution < 1.29 is 9.21 Å². The maximum absolute atomic E-state index is 12.5. The first kappa shape index (κ1) is 17.0. The Morgan fingerprint density at radius 2 is 2.21 bits per heavy atom. The summed E-state index contributed by atoms with van der Waals surface area (Å²) in [4.78, 5) is 18.2. The molecular formula is C18H25N3O2S. The number of thiophene rings is 1. The van der Waals surface area contributed by atoms with Gasteiger partial charge >= 0.3 is 6.03 Å². The van der Waals surface area contributed by atoms with Gasteiger partial charge in [-0.2, -0.15) is 0 Å². The maximum atomic E-state index is 12.5. The van der Waals surface area contributed by atoms with E-state index in [1.807, 2.05) is 24.0 Å². The first-order valence-electron chi connectivity index (χ1n) is 8.53. The summed E-state index contributed by atoms with van der Waals surface area (Å²) >= 11 is 1.80. The van der Waals surface area contributed by atoms with Crippen LogP contribution in [0.5, 0.6) is 0 Å². The molecule has 2 aromatic rings. The predicted octanol–water partition coefficient (Wildman–Crippen LogP) is 3.19. The summed E-state index contributed by atoms with van der Waals surface area (Å²) in [7, 11) is 0. The van der Waals surface area contributed by atoms with Crippen molar-refractivity contribution in [3.05, 3.63) is 46.5 Å². The largest absolute Gasteiger partial charge is 0.469 e. The lowest BCUT2D eigenvalue weighted by Crippen LogP contribution is -2.45. The number of amides is 2. The number of urea groups is 1. The Morgan fingerprint density at radius 1 is 1.29 bits per heavy atom. The van der Waals surface area contributed by atoms with Crippen LogP contribution in [0.15, 0.2) is 40.3 Å². The van der Waals surface area contributed by atoms with Crippen molar-refractivity contribution in [3.63, 3.8) is 0 Å². The summed E-state index contributed by atoms with van der Waals surface area (Å²) in [6, 6.07) is 8.19. The Labute approximate surface area is 147 Å². The normalized spacial score (nSPS) is 17.5. The molecule has 0 radical (unpaired) electrons. The van der Waals surface area contributed by atoms with E-state index in [1.54, 1.807) is 17.6 Å². The molecule has 1 aliphatic heterocycles. The number of nitrogens with zero attached hydrogens (tertiary/aromatic N) is 2. The molecular weight excluding hydrogens is 322 g/mol. The number of hydrogen-bond donors (Lipinski definition) is 1. The van der Waals surface area contributed by atoms with Crippen molar-refractivity contribution in [1.29, 1.82) is 0 Å². The molecule has 0 unspecified atom stereocenters. The lowest BCUT2D eigenvalue weighted by Gasteiger charge is -2.24. The molecule has 0 aromatic carbocycles. The highest BCUT2D eigenvalue weighted by molar-refractivity contribution is 7.09. The Hall–Kier alpha value is -1.79. The fourth-order valence-corrected chi connectivity index (χ4v) is 3.78. The summed E-state index contributed by atoms with van der Waals surface area (Å²) in [6.07, 6.45) is 3.41. The predicted molar refractivity (Wildman–Crippen MR) is 96.2 cm³/mol. The molecule has 0 saturated carbocycles. The Balaban J connectivity index is 1.45. The second-order valence-electron chi connectivity index (χ2n) is 6.33. The van der Waals surface area contributed by atoms with E-state index in [1.165, 1.54) is 4.88 Å². The summed E-state index contributed by atoms with van der Waals surface area (Å²) in [6.45, 7) is 6.58. The molecule has 1 aliphatic rings. The highest BCUT2D eigenvalue weighted by Gasteiger charge is 2.20. The van der Waals surface area contributed by atoms with Gasteiger partial charge in [-0.05, 0) is 36.9 Å². The van der Waals surface area contributed by atoms with Gasteiger partial charge in [0.15, 0.2) is 0 Å². The number of carbonyl (C=O) groups is 1. The zero-order valence-corrected chi connectivity index (χ0v) is 14.9. The summed E-state index contributed by atoms with van der Waals surface area (Å²) in [5, 5.41) is 5.20. The van der Waals surface area contributed by atoms with Crippen LogP contribution in [0.25, 0.3) is 0 Å². The van der Waals surface area contributed by atoms with Gasteiger partial charge < -0.3 is 14.6 Å². The number of furan rings is 1. The van der Waals surface area contributed by atoms with E-state index in [2.05, 4.69) is 27.7 Å². The molecule has 2 amide bonds. The lowest BCUT2D eigenvalue weighted by atomic mass is 10.2. The smallest absolute Gasteiger partial charge is 0.317 e. The van der Waals surface area contributed by atoms with Crippen molar-refractivity contribution in [2.24, 2.45) is 0 Å². The molecule has 130 valence electrons. The third-order valence-electron chi connectivity index (χ3n) is 4.29. The number of nitrogens with one attached hydrogen (secondary N) is 1. The quantitative estimate of drug-likeness (QED) is 0.904. The fraction of sp³-hybridized carbons (Fsp3) is 0.500. The van der Waals surface area contributed by atoms with Crippen molar-refractivity contribution in [3.8, 4) is 0 Å². The topological polar surface area (TPSA) is 48.7 Å². The van der Waals surface area contributed by atoms with Gasteiger partial charge in [0.1, 0.15) is 5.76 Å². The van der Waals surface area contributed by atoms with Crippen LogP contribution in [0.2, 0.25) is 0 Å². The standard InChI is InChI=1S/C18H25N3O2S/c1-15(13-16-5-2-11-23-16)19-18(22)21-8-4-7-20(9-10-21)14-17-6-3-12-24-17/h2-3,5-6,11-12,15H,4,7-10,13-14H2,1H3,(H,19,22)/t15-/m1/s1. The number of hydrogen-bond acceptors (Lipinski definition) is 4. The average Bonchev–Trinajstić information content (AvgIpc) is 3.19. The molecule has 0 spiro atoms. The van der Waals surface area contributed by atoms with Crippen LogP contribution in [0, 0.1) is 0 Å².